The fourth-order valence-corrected chi connectivity index (χ4v) is 6.04. The first-order valence-electron chi connectivity index (χ1n) is 10.2. The Morgan fingerprint density at radius 2 is 1.35 bits per heavy atom. The fourth-order valence-electron chi connectivity index (χ4n) is 3.38. The van der Waals surface area contributed by atoms with Crippen LogP contribution in [0.3, 0.4) is 0 Å². The van der Waals surface area contributed by atoms with Crippen LogP contribution in [-0.2, 0) is 17.1 Å². The number of hydrogen-bond acceptors (Lipinski definition) is 2. The Hall–Kier alpha value is -0.851. The quantitative estimate of drug-likeness (QED) is 0.442. The summed E-state index contributed by atoms with van der Waals surface area (Å²) >= 11 is 0. The average molecular weight is 471 g/mol. The summed E-state index contributed by atoms with van der Waals surface area (Å²) in [6, 6.07) is 19.6. The molecule has 2 aromatic rings. The zero-order valence-corrected chi connectivity index (χ0v) is 20.5. The van der Waals surface area contributed by atoms with Crippen LogP contribution in [0.4, 0.5) is 0 Å². The monoisotopic (exact) mass is 471 g/mol. The third-order valence-electron chi connectivity index (χ3n) is 5.19. The summed E-state index contributed by atoms with van der Waals surface area (Å²) < 4.78 is 5.70. The normalized spacial score (nSPS) is 18.7. The Bertz CT molecular complexity index is 742. The number of para-hydroxylation sites is 1. The molecule has 4 heteroatoms. The number of benzene rings is 2. The minimum absolute atomic E-state index is 0. The van der Waals surface area contributed by atoms with E-state index >= 15 is 0 Å². The largest absolute Gasteiger partial charge is 2.00 e. The van der Waals surface area contributed by atoms with Gasteiger partial charge in [0.15, 0.2) is 0 Å². The second kappa shape index (κ2) is 13.6. The van der Waals surface area contributed by atoms with Gasteiger partial charge in [0.05, 0.1) is 7.11 Å². The Morgan fingerprint density at radius 1 is 0.774 bits per heavy atom. The topological polar surface area (TPSA) is 12.5 Å². The van der Waals surface area contributed by atoms with Gasteiger partial charge >= 0.3 is 17.1 Å². The molecule has 0 aliphatic heterocycles. The molecule has 2 fully saturated rings. The summed E-state index contributed by atoms with van der Waals surface area (Å²) in [6.07, 6.45) is 16.7. The maximum Gasteiger partial charge on any atom is 2.00 e. The van der Waals surface area contributed by atoms with Gasteiger partial charge in [0.25, 0.3) is 0 Å². The van der Waals surface area contributed by atoms with Crippen LogP contribution in [0.25, 0.3) is 0 Å². The SMILES string of the molecule is COc1ccccc1[P@@]([C]1[CH][CH][CH][C]1[C@@H](C)N(C)C)c1ccccc1.[CH]1[CH][CH][CH][CH]1.[Fe+2]. The van der Waals surface area contributed by atoms with Crippen LogP contribution < -0.4 is 15.3 Å². The average Bonchev–Trinajstić information content (AvgIpc) is 3.50. The second-order valence-electron chi connectivity index (χ2n) is 7.31. The maximum absolute atomic E-state index is 5.70. The molecule has 0 bridgehead atoms. The van der Waals surface area contributed by atoms with E-state index in [0.29, 0.717) is 6.04 Å². The number of hydrogen-bond donors (Lipinski definition) is 0. The number of nitrogens with zero attached hydrogens (tertiary/aromatic N) is 1. The van der Waals surface area contributed by atoms with E-state index in [2.05, 4.69) is 93.7 Å². The van der Waals surface area contributed by atoms with E-state index in [4.69, 9.17) is 4.74 Å². The van der Waals surface area contributed by atoms with E-state index < -0.39 is 7.92 Å². The summed E-state index contributed by atoms with van der Waals surface area (Å²) in [6.45, 7) is 2.26. The molecule has 0 saturated heterocycles. The van der Waals surface area contributed by atoms with Crippen molar-refractivity contribution in [3.05, 3.63) is 118 Å². The molecule has 0 amide bonds. The fraction of sp³-hybridized carbons (Fsp3) is 0.185. The first-order chi connectivity index (χ1) is 14.6. The molecule has 10 radical (unpaired) electrons. The van der Waals surface area contributed by atoms with E-state index in [9.17, 15) is 0 Å². The van der Waals surface area contributed by atoms with Crippen LogP contribution in [-0.4, -0.2) is 32.1 Å². The van der Waals surface area contributed by atoms with Gasteiger partial charge in [0.2, 0.25) is 0 Å². The number of rotatable bonds is 6. The molecular formula is C27H30FeNOP+2. The number of methoxy groups -OCH3 is 1. The minimum Gasteiger partial charge on any atom is -0.496 e. The third-order valence-corrected chi connectivity index (χ3v) is 7.74. The Kier molecular flexibility index (Phi) is 11.6. The predicted octanol–water partition coefficient (Wildman–Crippen LogP) is 4.83. The van der Waals surface area contributed by atoms with E-state index in [1.807, 2.05) is 38.2 Å². The molecule has 2 aliphatic carbocycles. The molecule has 31 heavy (non-hydrogen) atoms. The van der Waals surface area contributed by atoms with Crippen molar-refractivity contribution in [3.63, 3.8) is 0 Å². The van der Waals surface area contributed by atoms with E-state index in [1.165, 1.54) is 22.2 Å². The van der Waals surface area contributed by atoms with Crippen LogP contribution in [0.5, 0.6) is 5.75 Å². The zero-order chi connectivity index (χ0) is 21.3. The Morgan fingerprint density at radius 3 is 1.94 bits per heavy atom. The van der Waals surface area contributed by atoms with Crippen molar-refractivity contribution in [1.29, 1.82) is 0 Å². The summed E-state index contributed by atoms with van der Waals surface area (Å²) in [5, 5.41) is 2.62. The molecular weight excluding hydrogens is 441 g/mol. The van der Waals surface area contributed by atoms with Crippen molar-refractivity contribution in [2.75, 3.05) is 21.2 Å². The van der Waals surface area contributed by atoms with Gasteiger partial charge in [-0.3, -0.25) is 0 Å². The minimum atomic E-state index is -0.665. The first kappa shape index (κ1) is 26.4. The molecule has 2 nitrogen and oxygen atoms in total. The van der Waals surface area contributed by atoms with Gasteiger partial charge in [0, 0.05) is 22.9 Å². The first-order valence-corrected chi connectivity index (χ1v) is 11.5. The molecule has 4 rings (SSSR count). The van der Waals surface area contributed by atoms with Crippen molar-refractivity contribution in [3.8, 4) is 5.75 Å². The summed E-state index contributed by atoms with van der Waals surface area (Å²) in [4.78, 5) is 2.26. The van der Waals surface area contributed by atoms with Crippen LogP contribution in [0.1, 0.15) is 6.92 Å². The van der Waals surface area contributed by atoms with Gasteiger partial charge in [-0.05, 0) is 91.7 Å². The van der Waals surface area contributed by atoms with Crippen molar-refractivity contribution in [2.45, 2.75) is 13.0 Å². The van der Waals surface area contributed by atoms with Gasteiger partial charge in [-0.25, -0.2) is 0 Å². The molecule has 2 aliphatic rings. The van der Waals surface area contributed by atoms with E-state index in [-0.39, 0.29) is 17.1 Å². The zero-order valence-electron chi connectivity index (χ0n) is 18.5. The van der Waals surface area contributed by atoms with Crippen molar-refractivity contribution >= 4 is 18.5 Å². The molecule has 2 saturated carbocycles. The molecule has 2 aromatic carbocycles. The van der Waals surface area contributed by atoms with Gasteiger partial charge in [-0.2, -0.15) is 0 Å². The molecule has 0 N–H and O–H groups in total. The summed E-state index contributed by atoms with van der Waals surface area (Å²) in [7, 11) is 5.36. The number of ether oxygens (including phenoxy) is 1. The van der Waals surface area contributed by atoms with E-state index in [0.717, 1.165) is 5.75 Å². The molecule has 0 spiro atoms. The van der Waals surface area contributed by atoms with Gasteiger partial charge < -0.3 is 9.64 Å². The van der Waals surface area contributed by atoms with Crippen LogP contribution in [0.15, 0.2) is 54.6 Å². The second-order valence-corrected chi connectivity index (χ2v) is 9.46. The summed E-state index contributed by atoms with van der Waals surface area (Å²) in [5.41, 5.74) is 1.41. The van der Waals surface area contributed by atoms with E-state index in [1.54, 1.807) is 7.11 Å². The molecule has 0 heterocycles. The molecule has 0 unspecified atom stereocenters. The van der Waals surface area contributed by atoms with Crippen LogP contribution in [0, 0.1) is 62.9 Å². The van der Waals surface area contributed by atoms with Crippen LogP contribution in [0.2, 0.25) is 0 Å². The standard InChI is InChI=1S/C22H25NOP.C5H5.Fe/c1-17(23(2)3)19-13-10-16-21(19)25(18-11-6-5-7-12-18)22-15-9-8-14-20(22)24-4;1-2-4-5-3-1;/h5-17H,1-4H3;1-5H;/q;;+2/t17-,25-;;/m1../s1. The van der Waals surface area contributed by atoms with Gasteiger partial charge in [-0.15, -0.1) is 0 Å². The smallest absolute Gasteiger partial charge is 0.496 e. The molecule has 160 valence electrons. The van der Waals surface area contributed by atoms with Crippen molar-refractivity contribution in [2.24, 2.45) is 0 Å². The van der Waals surface area contributed by atoms with Crippen molar-refractivity contribution < 1.29 is 21.8 Å². The van der Waals surface area contributed by atoms with Crippen LogP contribution >= 0.6 is 7.92 Å². The summed E-state index contributed by atoms with van der Waals surface area (Å²) in [5.74, 6) is 2.35. The van der Waals surface area contributed by atoms with Gasteiger partial charge in [-0.1, -0.05) is 48.5 Å². The Labute approximate surface area is 202 Å². The van der Waals surface area contributed by atoms with Gasteiger partial charge in [0.1, 0.15) is 5.75 Å². The van der Waals surface area contributed by atoms with Crippen molar-refractivity contribution in [1.82, 2.24) is 4.90 Å². The molecule has 2 atom stereocenters. The Balaban J connectivity index is 0.000000501. The molecule has 0 aromatic heterocycles. The maximum atomic E-state index is 5.70. The third kappa shape index (κ3) is 7.06. The predicted molar refractivity (Wildman–Crippen MR) is 130 cm³/mol.